The van der Waals surface area contributed by atoms with Gasteiger partial charge in [-0.3, -0.25) is 9.88 Å². The molecule has 0 radical (unpaired) electrons. The molecule has 130 valence electrons. The first-order valence-electron chi connectivity index (χ1n) is 8.25. The molecule has 0 amide bonds. The zero-order valence-corrected chi connectivity index (χ0v) is 15.5. The second kappa shape index (κ2) is 8.54. The molecule has 1 aliphatic heterocycles. The molecule has 1 fully saturated rings. The van der Waals surface area contributed by atoms with Gasteiger partial charge in [0.25, 0.3) is 0 Å². The van der Waals surface area contributed by atoms with Crippen LogP contribution in [0.3, 0.4) is 0 Å². The number of benzene rings is 1. The molecule has 0 saturated carbocycles. The van der Waals surface area contributed by atoms with Crippen molar-refractivity contribution in [2.24, 2.45) is 0 Å². The monoisotopic (exact) mass is 372 g/mol. The molecule has 25 heavy (non-hydrogen) atoms. The van der Waals surface area contributed by atoms with Crippen molar-refractivity contribution in [1.82, 2.24) is 20.2 Å². The van der Waals surface area contributed by atoms with Crippen LogP contribution >= 0.6 is 23.7 Å². The van der Waals surface area contributed by atoms with Crippen LogP contribution < -0.4 is 5.32 Å². The summed E-state index contributed by atoms with van der Waals surface area (Å²) in [5, 5.41) is 4.60. The van der Waals surface area contributed by atoms with Gasteiger partial charge in [-0.05, 0) is 17.7 Å². The molecule has 3 heterocycles. The number of halogens is 1. The fourth-order valence-electron chi connectivity index (χ4n) is 3.14. The Morgan fingerprint density at radius 2 is 1.92 bits per heavy atom. The number of nitrogens with one attached hydrogen (secondary N) is 1. The zero-order valence-electron chi connectivity index (χ0n) is 13.8. The van der Waals surface area contributed by atoms with Gasteiger partial charge in [-0.1, -0.05) is 30.3 Å². The van der Waals surface area contributed by atoms with E-state index in [9.17, 15) is 0 Å². The quantitative estimate of drug-likeness (QED) is 0.756. The third kappa shape index (κ3) is 4.25. The molecule has 0 aliphatic carbocycles. The highest BCUT2D eigenvalue weighted by Crippen LogP contribution is 2.29. The van der Waals surface area contributed by atoms with Crippen molar-refractivity contribution in [3.05, 3.63) is 71.5 Å². The van der Waals surface area contributed by atoms with Crippen molar-refractivity contribution < 1.29 is 0 Å². The number of hydrogen-bond acceptors (Lipinski definition) is 5. The molecule has 0 bridgehead atoms. The number of aromatic nitrogens is 2. The Hall–Kier alpha value is -1.79. The first kappa shape index (κ1) is 18.0. The van der Waals surface area contributed by atoms with Gasteiger partial charge >= 0.3 is 0 Å². The number of piperazine rings is 1. The average Bonchev–Trinajstić information content (AvgIpc) is 3.12. The van der Waals surface area contributed by atoms with E-state index in [-0.39, 0.29) is 12.4 Å². The Bertz CT molecular complexity index is 778. The van der Waals surface area contributed by atoms with E-state index in [1.54, 1.807) is 11.3 Å². The second-order valence-corrected chi connectivity index (χ2v) is 7.08. The maximum absolute atomic E-state index is 4.62. The van der Waals surface area contributed by atoms with E-state index < -0.39 is 0 Å². The fourth-order valence-corrected chi connectivity index (χ4v) is 4.09. The number of pyridine rings is 1. The van der Waals surface area contributed by atoms with Crippen molar-refractivity contribution in [2.75, 3.05) is 19.6 Å². The van der Waals surface area contributed by atoms with Gasteiger partial charge in [-0.15, -0.1) is 23.7 Å². The standard InChI is InChI=1S/C19H20N4S.ClH/c1-2-4-16(5-3-1)19-22-12-17(24-19)14-23-11-10-21-13-18(23)15-6-8-20-9-7-15;/h1-9,12,18,21H,10-11,13-14H2;1H. The Morgan fingerprint density at radius 3 is 2.72 bits per heavy atom. The smallest absolute Gasteiger partial charge is 0.123 e. The van der Waals surface area contributed by atoms with Gasteiger partial charge in [-0.25, -0.2) is 4.98 Å². The molecule has 4 nitrogen and oxygen atoms in total. The highest BCUT2D eigenvalue weighted by Gasteiger charge is 2.24. The Labute approximate surface area is 158 Å². The molecular weight excluding hydrogens is 352 g/mol. The van der Waals surface area contributed by atoms with E-state index in [1.165, 1.54) is 16.0 Å². The highest BCUT2D eigenvalue weighted by molar-refractivity contribution is 7.15. The van der Waals surface area contributed by atoms with Crippen LogP contribution in [0.1, 0.15) is 16.5 Å². The van der Waals surface area contributed by atoms with Crippen LogP contribution in [0.5, 0.6) is 0 Å². The summed E-state index contributed by atoms with van der Waals surface area (Å²) in [6.07, 6.45) is 5.78. The topological polar surface area (TPSA) is 41.1 Å². The van der Waals surface area contributed by atoms with Crippen LogP contribution in [-0.4, -0.2) is 34.5 Å². The lowest BCUT2D eigenvalue weighted by atomic mass is 10.0. The molecule has 1 unspecified atom stereocenters. The normalized spacial score (nSPS) is 17.8. The minimum absolute atomic E-state index is 0. The summed E-state index contributed by atoms with van der Waals surface area (Å²) in [7, 11) is 0. The van der Waals surface area contributed by atoms with Crippen LogP contribution in [-0.2, 0) is 6.54 Å². The molecular formula is C19H21ClN4S. The summed E-state index contributed by atoms with van der Waals surface area (Å²) in [5.74, 6) is 0. The van der Waals surface area contributed by atoms with Gasteiger partial charge in [0.1, 0.15) is 5.01 Å². The molecule has 6 heteroatoms. The average molecular weight is 373 g/mol. The van der Waals surface area contributed by atoms with Gasteiger partial charge in [0.2, 0.25) is 0 Å². The molecule has 1 N–H and O–H groups in total. The van der Waals surface area contributed by atoms with Crippen molar-refractivity contribution in [1.29, 1.82) is 0 Å². The van der Waals surface area contributed by atoms with Gasteiger partial charge < -0.3 is 5.32 Å². The summed E-state index contributed by atoms with van der Waals surface area (Å²) in [4.78, 5) is 12.6. The maximum Gasteiger partial charge on any atom is 0.123 e. The minimum Gasteiger partial charge on any atom is -0.314 e. The summed E-state index contributed by atoms with van der Waals surface area (Å²) >= 11 is 1.79. The third-order valence-corrected chi connectivity index (χ3v) is 5.41. The zero-order chi connectivity index (χ0) is 16.2. The number of rotatable bonds is 4. The summed E-state index contributed by atoms with van der Waals surface area (Å²) < 4.78 is 0. The fraction of sp³-hybridized carbons (Fsp3) is 0.263. The van der Waals surface area contributed by atoms with Crippen molar-refractivity contribution in [3.63, 3.8) is 0 Å². The molecule has 1 aromatic carbocycles. The number of thiazole rings is 1. The van der Waals surface area contributed by atoms with Crippen molar-refractivity contribution in [2.45, 2.75) is 12.6 Å². The molecule has 1 aliphatic rings. The lowest BCUT2D eigenvalue weighted by molar-refractivity contribution is 0.155. The Kier molecular flexibility index (Phi) is 6.15. The Balaban J connectivity index is 0.00000182. The predicted octanol–water partition coefficient (Wildman–Crippen LogP) is 3.77. The summed E-state index contributed by atoms with van der Waals surface area (Å²) in [6.45, 7) is 4.00. The van der Waals surface area contributed by atoms with Crippen LogP contribution in [0.2, 0.25) is 0 Å². The summed E-state index contributed by atoms with van der Waals surface area (Å²) in [6, 6.07) is 15.0. The molecule has 4 rings (SSSR count). The van der Waals surface area contributed by atoms with Crippen LogP contribution in [0.4, 0.5) is 0 Å². The molecule has 0 spiro atoms. The van der Waals surface area contributed by atoms with Gasteiger partial charge in [0, 0.05) is 61.3 Å². The van der Waals surface area contributed by atoms with Crippen molar-refractivity contribution in [3.8, 4) is 10.6 Å². The lowest BCUT2D eigenvalue weighted by Crippen LogP contribution is -2.45. The van der Waals surface area contributed by atoms with Crippen molar-refractivity contribution >= 4 is 23.7 Å². The minimum atomic E-state index is 0. The largest absolute Gasteiger partial charge is 0.314 e. The maximum atomic E-state index is 4.62. The van der Waals surface area contributed by atoms with E-state index in [1.807, 2.05) is 24.7 Å². The number of nitrogens with zero attached hydrogens (tertiary/aromatic N) is 3. The summed E-state index contributed by atoms with van der Waals surface area (Å²) in [5.41, 5.74) is 2.52. The van der Waals surface area contributed by atoms with Crippen LogP contribution in [0.15, 0.2) is 61.1 Å². The van der Waals surface area contributed by atoms with E-state index in [2.05, 4.69) is 56.6 Å². The van der Waals surface area contributed by atoms with E-state index >= 15 is 0 Å². The van der Waals surface area contributed by atoms with E-state index in [4.69, 9.17) is 0 Å². The van der Waals surface area contributed by atoms with E-state index in [0.29, 0.717) is 6.04 Å². The Morgan fingerprint density at radius 1 is 1.12 bits per heavy atom. The highest BCUT2D eigenvalue weighted by atomic mass is 35.5. The first-order chi connectivity index (χ1) is 11.9. The van der Waals surface area contributed by atoms with Crippen LogP contribution in [0.25, 0.3) is 10.6 Å². The van der Waals surface area contributed by atoms with Crippen LogP contribution in [0, 0.1) is 0 Å². The number of hydrogen-bond donors (Lipinski definition) is 1. The second-order valence-electron chi connectivity index (χ2n) is 5.97. The molecule has 1 atom stereocenters. The predicted molar refractivity (Wildman–Crippen MR) is 105 cm³/mol. The van der Waals surface area contributed by atoms with Gasteiger partial charge in [0.15, 0.2) is 0 Å². The van der Waals surface area contributed by atoms with E-state index in [0.717, 1.165) is 31.2 Å². The third-order valence-electron chi connectivity index (χ3n) is 4.38. The first-order valence-corrected chi connectivity index (χ1v) is 9.06. The molecule has 2 aromatic heterocycles. The van der Waals surface area contributed by atoms with Gasteiger partial charge in [0.05, 0.1) is 0 Å². The SMILES string of the molecule is Cl.c1ccc(-c2ncc(CN3CCNCC3c3ccncc3)s2)cc1. The van der Waals surface area contributed by atoms with Gasteiger partial charge in [-0.2, -0.15) is 0 Å². The lowest BCUT2D eigenvalue weighted by Gasteiger charge is -2.36. The molecule has 1 saturated heterocycles. The molecule has 3 aromatic rings.